The van der Waals surface area contributed by atoms with Crippen LogP contribution in [-0.2, 0) is 6.61 Å². The topological polar surface area (TPSA) is 56.5 Å². The lowest BCUT2D eigenvalue weighted by molar-refractivity contribution is -0.500. The minimum absolute atomic E-state index is 0.00485. The number of hydrazone groups is 1. The van der Waals surface area contributed by atoms with Gasteiger partial charge in [0.2, 0.25) is 5.11 Å². The Labute approximate surface area is 162 Å². The van der Waals surface area contributed by atoms with Gasteiger partial charge in [0.25, 0.3) is 0 Å². The van der Waals surface area contributed by atoms with Crippen molar-refractivity contribution in [3.8, 4) is 11.5 Å². The van der Waals surface area contributed by atoms with Gasteiger partial charge >= 0.3 is 0 Å². The van der Waals surface area contributed by atoms with Crippen molar-refractivity contribution in [2.24, 2.45) is 0 Å². The quantitative estimate of drug-likeness (QED) is 0.379. The number of hydrogen-bond acceptors (Lipinski definition) is 3. The van der Waals surface area contributed by atoms with Crippen LogP contribution in [0.25, 0.3) is 0 Å². The summed E-state index contributed by atoms with van der Waals surface area (Å²) in [5.41, 5.74) is 3.94. The zero-order valence-corrected chi connectivity index (χ0v) is 16.0. The van der Waals surface area contributed by atoms with Crippen molar-refractivity contribution in [1.29, 1.82) is 0 Å². The van der Waals surface area contributed by atoms with Crippen LogP contribution in [0.4, 0.5) is 4.39 Å². The number of nitrogens with one attached hydrogen (secondary N) is 3. The highest BCUT2D eigenvalue weighted by Crippen LogP contribution is 2.30. The van der Waals surface area contributed by atoms with E-state index in [-0.39, 0.29) is 6.61 Å². The molecule has 138 valence electrons. The molecule has 0 heterocycles. The van der Waals surface area contributed by atoms with Crippen LogP contribution in [-0.4, -0.2) is 25.0 Å². The van der Waals surface area contributed by atoms with Crippen LogP contribution in [0.15, 0.2) is 36.4 Å². The fourth-order valence-corrected chi connectivity index (χ4v) is 2.35. The van der Waals surface area contributed by atoms with E-state index in [4.69, 9.17) is 33.3 Å². The first-order chi connectivity index (χ1) is 12.5. The lowest BCUT2D eigenvalue weighted by atomic mass is 10.2. The fourth-order valence-electron chi connectivity index (χ4n) is 2.07. The molecule has 0 aliphatic heterocycles. The lowest BCUT2D eigenvalue weighted by Gasteiger charge is -2.13. The van der Waals surface area contributed by atoms with Gasteiger partial charge in [-0.1, -0.05) is 17.7 Å². The van der Waals surface area contributed by atoms with E-state index in [2.05, 4.69) is 15.8 Å². The molecule has 0 atom stereocenters. The fraction of sp³-hybridized carbons (Fsp3) is 0.222. The van der Waals surface area contributed by atoms with Crippen LogP contribution in [0, 0.1) is 5.82 Å². The molecule has 0 fully saturated rings. The number of thiocarbonyl (C=S) groups is 1. The van der Waals surface area contributed by atoms with E-state index in [0.717, 1.165) is 5.56 Å². The molecule has 3 N–H and O–H groups in total. The summed E-state index contributed by atoms with van der Waals surface area (Å²) in [5, 5.41) is 6.45. The molecule has 26 heavy (non-hydrogen) atoms. The molecule has 0 aromatic heterocycles. The monoisotopic (exact) mass is 396 g/mol. The highest BCUT2D eigenvalue weighted by atomic mass is 35.5. The van der Waals surface area contributed by atoms with Crippen LogP contribution < -0.4 is 25.3 Å². The van der Waals surface area contributed by atoms with Crippen molar-refractivity contribution < 1.29 is 19.0 Å². The minimum atomic E-state index is -0.406. The molecule has 0 aliphatic carbocycles. The van der Waals surface area contributed by atoms with Gasteiger partial charge < -0.3 is 14.8 Å². The molecule has 0 unspecified atom stereocenters. The first-order valence-corrected chi connectivity index (χ1v) is 8.72. The largest absolute Gasteiger partial charge is 0.490 e. The highest BCUT2D eigenvalue weighted by Gasteiger charge is 2.11. The molecular weight excluding hydrogens is 377 g/mol. The number of rotatable bonds is 7. The van der Waals surface area contributed by atoms with E-state index < -0.39 is 5.82 Å². The molecule has 5 nitrogen and oxygen atoms in total. The normalized spacial score (nSPS) is 10.6. The van der Waals surface area contributed by atoms with E-state index in [0.29, 0.717) is 33.8 Å². The van der Waals surface area contributed by atoms with Crippen LogP contribution in [0.5, 0.6) is 11.5 Å². The van der Waals surface area contributed by atoms with Crippen molar-refractivity contribution in [3.63, 3.8) is 0 Å². The first kappa shape index (κ1) is 19.9. The molecule has 0 saturated heterocycles. The Morgan fingerprint density at radius 3 is 2.77 bits per heavy atom. The Bertz CT molecular complexity index is 782. The van der Waals surface area contributed by atoms with E-state index in [1.54, 1.807) is 37.5 Å². The maximum atomic E-state index is 13.9. The smallest absolute Gasteiger partial charge is 0.223 e. The molecule has 2 aromatic rings. The van der Waals surface area contributed by atoms with Gasteiger partial charge in [-0.05, 0) is 49.5 Å². The summed E-state index contributed by atoms with van der Waals surface area (Å²) in [7, 11) is 1.72. The summed E-state index contributed by atoms with van der Waals surface area (Å²) >= 11 is 11.0. The third kappa shape index (κ3) is 5.57. The molecular formula is C18H20ClFN3O2S+. The van der Waals surface area contributed by atoms with Gasteiger partial charge in [0.05, 0.1) is 11.6 Å². The highest BCUT2D eigenvalue weighted by molar-refractivity contribution is 7.80. The predicted octanol–water partition coefficient (Wildman–Crippen LogP) is 1.97. The molecule has 0 amide bonds. The molecule has 2 rings (SSSR count). The summed E-state index contributed by atoms with van der Waals surface area (Å²) in [6.07, 6.45) is 1.73. The van der Waals surface area contributed by atoms with E-state index >= 15 is 0 Å². The molecule has 8 heteroatoms. The van der Waals surface area contributed by atoms with Gasteiger partial charge in [-0.25, -0.2) is 4.39 Å². The third-order valence-electron chi connectivity index (χ3n) is 3.35. The van der Waals surface area contributed by atoms with Crippen LogP contribution >= 0.6 is 23.8 Å². The number of hydrogen-bond donors (Lipinski definition) is 3. The third-order valence-corrected chi connectivity index (χ3v) is 4.01. The second kappa shape index (κ2) is 9.94. The van der Waals surface area contributed by atoms with E-state index in [9.17, 15) is 4.39 Å². The number of ether oxygens (including phenoxy) is 2. The molecule has 0 bridgehead atoms. The van der Waals surface area contributed by atoms with Gasteiger partial charge in [0.15, 0.2) is 17.7 Å². The van der Waals surface area contributed by atoms with Crippen molar-refractivity contribution in [2.75, 3.05) is 13.7 Å². The summed E-state index contributed by atoms with van der Waals surface area (Å²) < 4.78 is 25.2. The Balaban J connectivity index is 2.14. The first-order valence-electron chi connectivity index (χ1n) is 7.94. The summed E-state index contributed by atoms with van der Waals surface area (Å²) in [5.74, 6) is 0.643. The zero-order valence-electron chi connectivity index (χ0n) is 14.4. The van der Waals surface area contributed by atoms with E-state index in [1.165, 1.54) is 6.07 Å². The number of hydrazine groups is 1. The van der Waals surface area contributed by atoms with Gasteiger partial charge in [-0.15, -0.1) is 10.5 Å². The average molecular weight is 397 g/mol. The molecule has 0 aliphatic rings. The molecule has 0 radical (unpaired) electrons. The van der Waals surface area contributed by atoms with Crippen LogP contribution in [0.3, 0.4) is 0 Å². The predicted molar refractivity (Wildman–Crippen MR) is 104 cm³/mol. The maximum Gasteiger partial charge on any atom is 0.223 e. The SMILES string of the molecule is CCOc1cc(C=[NH+]NC(=S)NC)ccc1OCc1c(F)cccc1Cl. The Kier molecular flexibility index (Phi) is 7.62. The standard InChI is InChI=1S/C18H19ClFN3O2S/c1-3-24-17-9-12(10-22-23-18(26)21-2)7-8-16(17)25-11-13-14(19)5-4-6-15(13)20/h4-10H,3,11H2,1-2H3,(H2,21,23,26)/p+1. The Morgan fingerprint density at radius 2 is 2.08 bits per heavy atom. The van der Waals surface area contributed by atoms with Gasteiger partial charge in [0, 0.05) is 18.2 Å². The van der Waals surface area contributed by atoms with Gasteiger partial charge in [-0.2, -0.15) is 0 Å². The lowest BCUT2D eigenvalue weighted by Crippen LogP contribution is -2.82. The average Bonchev–Trinajstić information content (AvgIpc) is 2.62. The zero-order chi connectivity index (χ0) is 18.9. The molecule has 0 spiro atoms. The second-order valence-corrected chi connectivity index (χ2v) is 5.94. The van der Waals surface area contributed by atoms with Crippen LogP contribution in [0.2, 0.25) is 5.02 Å². The van der Waals surface area contributed by atoms with Crippen molar-refractivity contribution in [1.82, 2.24) is 10.7 Å². The van der Waals surface area contributed by atoms with Crippen molar-refractivity contribution in [3.05, 3.63) is 58.4 Å². The summed E-state index contributed by atoms with van der Waals surface area (Å²) in [6, 6.07) is 9.91. The molecule has 2 aromatic carbocycles. The van der Waals surface area contributed by atoms with E-state index in [1.807, 2.05) is 13.0 Å². The second-order valence-electron chi connectivity index (χ2n) is 5.12. The number of benzene rings is 2. The summed E-state index contributed by atoms with van der Waals surface area (Å²) in [4.78, 5) is 0. The van der Waals surface area contributed by atoms with Crippen molar-refractivity contribution >= 4 is 35.1 Å². The van der Waals surface area contributed by atoms with Crippen LogP contribution in [0.1, 0.15) is 18.1 Å². The van der Waals surface area contributed by atoms with Gasteiger partial charge in [-0.3, -0.25) is 0 Å². The Hall–Kier alpha value is -2.38. The van der Waals surface area contributed by atoms with Gasteiger partial charge in [0.1, 0.15) is 12.4 Å². The Morgan fingerprint density at radius 1 is 1.27 bits per heavy atom. The summed E-state index contributed by atoms with van der Waals surface area (Å²) in [6.45, 7) is 2.35. The molecule has 0 saturated carbocycles. The maximum absolute atomic E-state index is 13.9. The minimum Gasteiger partial charge on any atom is -0.490 e. The van der Waals surface area contributed by atoms with Crippen molar-refractivity contribution in [2.45, 2.75) is 13.5 Å². The number of halogens is 2.